The summed E-state index contributed by atoms with van der Waals surface area (Å²) in [5.41, 5.74) is -9.45. The van der Waals surface area contributed by atoms with Gasteiger partial charge in [-0.1, -0.05) is 15.9 Å². The van der Waals surface area contributed by atoms with E-state index >= 15 is 0 Å². The third-order valence-electron chi connectivity index (χ3n) is 1.99. The zero-order valence-electron chi connectivity index (χ0n) is 10.0. The maximum absolute atomic E-state index is 12.3. The third-order valence-corrected chi connectivity index (χ3v) is 3.79. The lowest BCUT2D eigenvalue weighted by Crippen LogP contribution is -2.04. The molecule has 0 atom stereocenters. The minimum Gasteiger partial charge on any atom is -0.294 e. The normalized spacial score (nSPS) is 12.5. The van der Waals surface area contributed by atoms with Crippen molar-refractivity contribution in [2.24, 2.45) is 0 Å². The van der Waals surface area contributed by atoms with Gasteiger partial charge in [-0.05, 0) is 41.7 Å². The van der Waals surface area contributed by atoms with Crippen molar-refractivity contribution in [2.75, 3.05) is 5.33 Å². The van der Waals surface area contributed by atoms with Crippen LogP contribution >= 0.6 is 39.5 Å². The molecule has 0 unspecified atom stereocenters. The van der Waals surface area contributed by atoms with Crippen molar-refractivity contribution < 1.29 is 31.1 Å². The van der Waals surface area contributed by atoms with Gasteiger partial charge in [-0.2, -0.15) is 26.3 Å². The number of halogens is 7. The Balaban J connectivity index is 3.16. The molecule has 0 aliphatic heterocycles. The zero-order valence-corrected chi connectivity index (χ0v) is 13.2. The van der Waals surface area contributed by atoms with E-state index in [0.717, 1.165) is 18.2 Å². The number of ketones is 1. The molecule has 0 spiro atoms. The monoisotopic (exact) mass is 412 g/mol. The van der Waals surface area contributed by atoms with Gasteiger partial charge in [0, 0.05) is 27.1 Å². The average molecular weight is 413 g/mol. The highest BCUT2D eigenvalue weighted by molar-refractivity contribution is 9.09. The Morgan fingerprint density at radius 3 is 1.71 bits per heavy atom. The Bertz CT molecular complexity index is 480. The van der Waals surface area contributed by atoms with Crippen LogP contribution in [0.4, 0.5) is 26.3 Å². The molecule has 0 aromatic heterocycles. The molecular weight excluding hydrogens is 406 g/mol. The second-order valence-corrected chi connectivity index (χ2v) is 6.72. The zero-order chi connectivity index (χ0) is 16.3. The number of hydrogen-bond acceptors (Lipinski definition) is 3. The summed E-state index contributed by atoms with van der Waals surface area (Å²) in [6, 6.07) is 2.66. The first-order valence-corrected chi connectivity index (χ1v) is 8.01. The van der Waals surface area contributed by atoms with Crippen molar-refractivity contribution >= 4 is 45.2 Å². The molecule has 10 heteroatoms. The van der Waals surface area contributed by atoms with Crippen LogP contribution in [-0.2, 0) is 0 Å². The summed E-state index contributed by atoms with van der Waals surface area (Å²) in [7, 11) is 0. The fourth-order valence-corrected chi connectivity index (χ4v) is 3.06. The first-order chi connectivity index (χ1) is 9.50. The number of Topliss-reactive ketones (excluding diaryl/α,β-unsaturated/α-hetero) is 1. The smallest absolute Gasteiger partial charge is 0.294 e. The van der Waals surface area contributed by atoms with Gasteiger partial charge >= 0.3 is 11.0 Å². The van der Waals surface area contributed by atoms with Gasteiger partial charge in [0.2, 0.25) is 0 Å². The summed E-state index contributed by atoms with van der Waals surface area (Å²) in [6.45, 7) is 0. The fourth-order valence-electron chi connectivity index (χ4n) is 1.35. The van der Waals surface area contributed by atoms with Crippen molar-refractivity contribution in [3.8, 4) is 0 Å². The SMILES string of the molecule is O=C(CCBr)c1cc(SC(F)(F)F)cc(SC(F)(F)F)c1. The largest absolute Gasteiger partial charge is 0.446 e. The van der Waals surface area contributed by atoms with Crippen LogP contribution < -0.4 is 0 Å². The quantitative estimate of drug-likeness (QED) is 0.260. The molecule has 0 aliphatic rings. The van der Waals surface area contributed by atoms with Gasteiger partial charge < -0.3 is 0 Å². The molecule has 0 bridgehead atoms. The highest BCUT2D eigenvalue weighted by atomic mass is 79.9. The van der Waals surface area contributed by atoms with Gasteiger partial charge in [-0.25, -0.2) is 0 Å². The van der Waals surface area contributed by atoms with Crippen LogP contribution in [0.15, 0.2) is 28.0 Å². The predicted octanol–water partition coefficient (Wildman–Crippen LogP) is 5.88. The molecule has 1 aromatic rings. The van der Waals surface area contributed by atoms with E-state index in [1.54, 1.807) is 0 Å². The molecule has 0 N–H and O–H groups in total. The third kappa shape index (κ3) is 7.46. The minimum absolute atomic E-state index is 0.0176. The Hall–Kier alpha value is -0.350. The molecule has 21 heavy (non-hydrogen) atoms. The van der Waals surface area contributed by atoms with Crippen LogP contribution in [0.2, 0.25) is 0 Å². The van der Waals surface area contributed by atoms with Crippen LogP contribution in [0.25, 0.3) is 0 Å². The first kappa shape index (κ1) is 18.7. The number of carbonyl (C=O) groups excluding carboxylic acids is 1. The lowest BCUT2D eigenvalue weighted by atomic mass is 10.1. The standard InChI is InChI=1S/C11H7BrF6OS2/c12-2-1-9(19)6-3-7(20-10(13,14)15)5-8(4-6)21-11(16,17)18/h3-5H,1-2H2. The second kappa shape index (κ2) is 7.28. The van der Waals surface area contributed by atoms with E-state index in [9.17, 15) is 31.1 Å². The molecule has 0 heterocycles. The van der Waals surface area contributed by atoms with Crippen LogP contribution in [0.1, 0.15) is 16.8 Å². The minimum atomic E-state index is -4.64. The summed E-state index contributed by atoms with van der Waals surface area (Å²) in [5, 5.41) is 0.268. The lowest BCUT2D eigenvalue weighted by molar-refractivity contribution is -0.0334. The molecular formula is C11H7BrF6OS2. The average Bonchev–Trinajstić information content (AvgIpc) is 2.23. The van der Waals surface area contributed by atoms with Gasteiger partial charge in [0.05, 0.1) is 0 Å². The number of hydrogen-bond donors (Lipinski definition) is 0. The Morgan fingerprint density at radius 2 is 1.38 bits per heavy atom. The maximum atomic E-state index is 12.3. The molecule has 0 aliphatic carbocycles. The van der Waals surface area contributed by atoms with Crippen molar-refractivity contribution in [1.29, 1.82) is 0 Å². The van der Waals surface area contributed by atoms with Crippen molar-refractivity contribution in [3.63, 3.8) is 0 Å². The van der Waals surface area contributed by atoms with Crippen LogP contribution in [0.5, 0.6) is 0 Å². The van der Waals surface area contributed by atoms with Gasteiger partial charge in [0.15, 0.2) is 5.78 Å². The summed E-state index contributed by atoms with van der Waals surface area (Å²) >= 11 is 1.88. The van der Waals surface area contributed by atoms with Crippen LogP contribution in [0.3, 0.4) is 0 Å². The van der Waals surface area contributed by atoms with Crippen molar-refractivity contribution in [3.05, 3.63) is 23.8 Å². The Kier molecular flexibility index (Phi) is 6.48. The predicted molar refractivity (Wildman–Crippen MR) is 73.0 cm³/mol. The summed E-state index contributed by atoms with van der Waals surface area (Å²) < 4.78 is 74.0. The van der Waals surface area contributed by atoms with E-state index in [2.05, 4.69) is 15.9 Å². The molecule has 1 aromatic carbocycles. The molecule has 0 fully saturated rings. The summed E-state index contributed by atoms with van der Waals surface area (Å²) in [4.78, 5) is 10.8. The molecule has 118 valence electrons. The van der Waals surface area contributed by atoms with E-state index in [4.69, 9.17) is 0 Å². The second-order valence-electron chi connectivity index (χ2n) is 3.65. The van der Waals surface area contributed by atoms with Crippen molar-refractivity contribution in [1.82, 2.24) is 0 Å². The molecule has 1 nitrogen and oxygen atoms in total. The molecule has 0 radical (unpaired) electrons. The van der Waals surface area contributed by atoms with E-state index in [0.29, 0.717) is 0 Å². The first-order valence-electron chi connectivity index (χ1n) is 5.26. The maximum Gasteiger partial charge on any atom is 0.446 e. The van der Waals surface area contributed by atoms with E-state index in [1.165, 1.54) is 0 Å². The van der Waals surface area contributed by atoms with Gasteiger partial charge in [-0.3, -0.25) is 4.79 Å². The molecule has 0 saturated carbocycles. The topological polar surface area (TPSA) is 17.1 Å². The fraction of sp³-hybridized carbons (Fsp3) is 0.364. The van der Waals surface area contributed by atoms with Crippen molar-refractivity contribution in [2.45, 2.75) is 27.2 Å². The summed E-state index contributed by atoms with van der Waals surface area (Å²) in [6.07, 6.45) is -0.0176. The molecule has 1 rings (SSSR count). The summed E-state index contributed by atoms with van der Waals surface area (Å²) in [5.74, 6) is -0.527. The molecule has 0 saturated heterocycles. The van der Waals surface area contributed by atoms with E-state index < -0.39 is 50.1 Å². The van der Waals surface area contributed by atoms with E-state index in [1.807, 2.05) is 0 Å². The van der Waals surface area contributed by atoms with Gasteiger partial charge in [0.25, 0.3) is 0 Å². The van der Waals surface area contributed by atoms with Crippen LogP contribution in [0, 0.1) is 0 Å². The number of alkyl halides is 7. The number of benzene rings is 1. The number of thioether (sulfide) groups is 2. The van der Waals surface area contributed by atoms with Gasteiger partial charge in [0.1, 0.15) is 0 Å². The highest BCUT2D eigenvalue weighted by Crippen LogP contribution is 2.42. The number of carbonyl (C=O) groups is 1. The lowest BCUT2D eigenvalue weighted by Gasteiger charge is -2.11. The van der Waals surface area contributed by atoms with Crippen LogP contribution in [-0.4, -0.2) is 22.1 Å². The Labute approximate surface area is 133 Å². The molecule has 0 amide bonds. The Morgan fingerprint density at radius 1 is 0.952 bits per heavy atom. The van der Waals surface area contributed by atoms with E-state index in [-0.39, 0.29) is 17.3 Å². The van der Waals surface area contributed by atoms with Gasteiger partial charge in [-0.15, -0.1) is 0 Å². The number of rotatable bonds is 5. The highest BCUT2D eigenvalue weighted by Gasteiger charge is 2.32.